The number of hydrogen-bond donors (Lipinski definition) is 1. The van der Waals surface area contributed by atoms with Crippen LogP contribution in [0.25, 0.3) is 0 Å². The van der Waals surface area contributed by atoms with E-state index in [0.29, 0.717) is 30.3 Å². The number of aryl methyl sites for hydroxylation is 2. The lowest BCUT2D eigenvalue weighted by Crippen LogP contribution is -2.03. The Morgan fingerprint density at radius 3 is 1.94 bits per heavy atom. The van der Waals surface area contributed by atoms with Crippen LogP contribution in [0.2, 0.25) is 0 Å². The molecule has 31 heavy (non-hydrogen) atoms. The molecule has 0 atom stereocenters. The molecule has 0 saturated heterocycles. The van der Waals surface area contributed by atoms with Gasteiger partial charge in [-0.2, -0.15) is 0 Å². The smallest absolute Gasteiger partial charge is 0.344 e. The van der Waals surface area contributed by atoms with Gasteiger partial charge < -0.3 is 19.4 Å². The van der Waals surface area contributed by atoms with Crippen molar-refractivity contribution in [3.8, 4) is 11.5 Å². The third-order valence-corrected chi connectivity index (χ3v) is 4.46. The molecule has 0 spiro atoms. The Morgan fingerprint density at radius 1 is 0.839 bits per heavy atom. The number of ether oxygens (including phenoxy) is 2. The van der Waals surface area contributed by atoms with Gasteiger partial charge in [-0.3, -0.25) is 0 Å². The Balaban J connectivity index is 1.73. The summed E-state index contributed by atoms with van der Waals surface area (Å²) in [4.78, 5) is 15.2. The predicted octanol–water partition coefficient (Wildman–Crippen LogP) is 4.90. The van der Waals surface area contributed by atoms with Crippen molar-refractivity contribution in [2.24, 2.45) is 5.16 Å². The fourth-order valence-corrected chi connectivity index (χ4v) is 2.72. The van der Waals surface area contributed by atoms with E-state index in [4.69, 9.17) is 19.4 Å². The largest absolute Gasteiger partial charge is 0.485 e. The quantitative estimate of drug-likeness (QED) is 0.374. The van der Waals surface area contributed by atoms with Crippen molar-refractivity contribution >= 4 is 12.2 Å². The molecule has 0 heterocycles. The van der Waals surface area contributed by atoms with Crippen LogP contribution in [0.4, 0.5) is 0 Å². The van der Waals surface area contributed by atoms with Gasteiger partial charge in [0.25, 0.3) is 0 Å². The number of aliphatic carboxylic acids is 1. The molecule has 160 valence electrons. The molecule has 0 unspecified atom stereocenters. The van der Waals surface area contributed by atoms with E-state index in [-0.39, 0.29) is 0 Å². The molecule has 6 heteroatoms. The molecule has 0 amide bonds. The van der Waals surface area contributed by atoms with Crippen LogP contribution in [0.3, 0.4) is 0 Å². The number of carboxylic acids is 1. The fraction of sp³-hybridized carbons (Fsp3) is 0.200. The zero-order chi connectivity index (χ0) is 22.1. The summed E-state index contributed by atoms with van der Waals surface area (Å²) in [6.07, 6.45) is 1.44. The lowest BCUT2D eigenvalue weighted by Gasteiger charge is -2.14. The average Bonchev–Trinajstić information content (AvgIpc) is 2.76. The third-order valence-electron chi connectivity index (χ3n) is 4.46. The minimum atomic E-state index is -1.08. The lowest BCUT2D eigenvalue weighted by molar-refractivity contribution is -0.142. The van der Waals surface area contributed by atoms with Crippen molar-refractivity contribution in [1.29, 1.82) is 0 Å². The van der Waals surface area contributed by atoms with Gasteiger partial charge in [-0.05, 0) is 43.2 Å². The van der Waals surface area contributed by atoms with Crippen LogP contribution >= 0.6 is 0 Å². The van der Waals surface area contributed by atoms with Gasteiger partial charge >= 0.3 is 5.97 Å². The highest BCUT2D eigenvalue weighted by Crippen LogP contribution is 2.30. The van der Waals surface area contributed by atoms with Crippen LogP contribution in [0.5, 0.6) is 11.5 Å². The summed E-state index contributed by atoms with van der Waals surface area (Å²) >= 11 is 0. The topological polar surface area (TPSA) is 77.4 Å². The summed E-state index contributed by atoms with van der Waals surface area (Å²) in [5, 5.41) is 12.3. The normalized spacial score (nSPS) is 10.8. The Bertz CT molecular complexity index is 1030. The van der Waals surface area contributed by atoms with Crippen LogP contribution < -0.4 is 9.47 Å². The molecule has 3 aromatic rings. The molecule has 6 nitrogen and oxygen atoms in total. The average molecular weight is 419 g/mol. The van der Waals surface area contributed by atoms with Crippen molar-refractivity contribution in [3.05, 3.63) is 94.5 Å². The molecule has 0 fully saturated rings. The number of carbonyl (C=O) groups is 1. The van der Waals surface area contributed by atoms with E-state index in [2.05, 4.69) is 5.16 Å². The summed E-state index contributed by atoms with van der Waals surface area (Å²) in [7, 11) is 0. The number of hydrogen-bond acceptors (Lipinski definition) is 5. The van der Waals surface area contributed by atoms with Crippen LogP contribution in [0.1, 0.15) is 27.8 Å². The van der Waals surface area contributed by atoms with Gasteiger partial charge in [0.1, 0.15) is 13.2 Å². The fourth-order valence-electron chi connectivity index (χ4n) is 2.72. The SMILES string of the molecule is Cc1ccc(COc2ccc(C=NOCC(=O)O)cc2OCc2ccc(C)cc2)cc1. The minimum absolute atomic E-state index is 0.386. The van der Waals surface area contributed by atoms with E-state index in [1.807, 2.05) is 62.4 Å². The van der Waals surface area contributed by atoms with E-state index in [1.54, 1.807) is 18.2 Å². The molecule has 0 aromatic heterocycles. The minimum Gasteiger partial charge on any atom is -0.485 e. The Hall–Kier alpha value is -3.80. The molecule has 0 radical (unpaired) electrons. The van der Waals surface area contributed by atoms with Gasteiger partial charge in [-0.1, -0.05) is 64.8 Å². The van der Waals surface area contributed by atoms with E-state index in [0.717, 1.165) is 11.1 Å². The Labute approximate surface area is 181 Å². The first-order chi connectivity index (χ1) is 15.0. The number of rotatable bonds is 10. The van der Waals surface area contributed by atoms with Gasteiger partial charge in [-0.15, -0.1) is 0 Å². The van der Waals surface area contributed by atoms with Crippen molar-refractivity contribution in [2.45, 2.75) is 27.1 Å². The first-order valence-electron chi connectivity index (χ1n) is 9.87. The summed E-state index contributed by atoms with van der Waals surface area (Å²) in [6, 6.07) is 21.7. The monoisotopic (exact) mass is 419 g/mol. The highest BCUT2D eigenvalue weighted by atomic mass is 16.6. The van der Waals surface area contributed by atoms with Crippen LogP contribution in [0, 0.1) is 13.8 Å². The highest BCUT2D eigenvalue weighted by molar-refractivity contribution is 5.80. The zero-order valence-corrected chi connectivity index (χ0v) is 17.6. The zero-order valence-electron chi connectivity index (χ0n) is 17.6. The maximum atomic E-state index is 10.5. The van der Waals surface area contributed by atoms with Crippen molar-refractivity contribution in [2.75, 3.05) is 6.61 Å². The first kappa shape index (κ1) is 21.9. The second-order valence-corrected chi connectivity index (χ2v) is 7.16. The van der Waals surface area contributed by atoms with E-state index in [1.165, 1.54) is 17.3 Å². The van der Waals surface area contributed by atoms with Crippen molar-refractivity contribution in [1.82, 2.24) is 0 Å². The lowest BCUT2D eigenvalue weighted by atomic mass is 10.1. The molecule has 3 aromatic carbocycles. The number of benzene rings is 3. The molecular weight excluding hydrogens is 394 g/mol. The van der Waals surface area contributed by atoms with Gasteiger partial charge in [0, 0.05) is 5.56 Å². The molecule has 0 aliphatic carbocycles. The maximum absolute atomic E-state index is 10.5. The number of nitrogens with zero attached hydrogens (tertiary/aromatic N) is 1. The molecule has 0 saturated carbocycles. The van der Waals surface area contributed by atoms with Gasteiger partial charge in [0.2, 0.25) is 6.61 Å². The standard InChI is InChI=1S/C25H25NO5/c1-18-3-7-20(8-4-18)15-29-23-12-11-22(14-26-31-17-25(27)28)13-24(23)30-16-21-9-5-19(2)6-10-21/h3-14H,15-17H2,1-2H3,(H,27,28). The number of carboxylic acid groups (broad SMARTS) is 1. The molecule has 3 rings (SSSR count). The predicted molar refractivity (Wildman–Crippen MR) is 119 cm³/mol. The van der Waals surface area contributed by atoms with Crippen molar-refractivity contribution < 1.29 is 24.2 Å². The van der Waals surface area contributed by atoms with Crippen LogP contribution in [-0.2, 0) is 22.8 Å². The second kappa shape index (κ2) is 10.8. The molecule has 0 aliphatic heterocycles. The maximum Gasteiger partial charge on any atom is 0.344 e. The molecule has 0 bridgehead atoms. The van der Waals surface area contributed by atoms with Gasteiger partial charge in [-0.25, -0.2) is 4.79 Å². The molecule has 1 N–H and O–H groups in total. The Kier molecular flexibility index (Phi) is 7.65. The van der Waals surface area contributed by atoms with E-state index >= 15 is 0 Å². The summed E-state index contributed by atoms with van der Waals surface area (Å²) in [5.74, 6) is 0.0882. The molecule has 0 aliphatic rings. The van der Waals surface area contributed by atoms with Crippen LogP contribution in [0.15, 0.2) is 71.9 Å². The summed E-state index contributed by atoms with van der Waals surface area (Å²) in [6.45, 7) is 4.39. The molecular formula is C25H25NO5. The highest BCUT2D eigenvalue weighted by Gasteiger charge is 2.08. The van der Waals surface area contributed by atoms with E-state index < -0.39 is 12.6 Å². The first-order valence-corrected chi connectivity index (χ1v) is 9.87. The second-order valence-electron chi connectivity index (χ2n) is 7.16. The van der Waals surface area contributed by atoms with E-state index in [9.17, 15) is 4.79 Å². The summed E-state index contributed by atoms with van der Waals surface area (Å²) in [5.41, 5.74) is 5.18. The Morgan fingerprint density at radius 2 is 1.39 bits per heavy atom. The van der Waals surface area contributed by atoms with Crippen molar-refractivity contribution in [3.63, 3.8) is 0 Å². The van der Waals surface area contributed by atoms with Gasteiger partial charge in [0.05, 0.1) is 6.21 Å². The third kappa shape index (κ3) is 7.19. The van der Waals surface area contributed by atoms with Gasteiger partial charge in [0.15, 0.2) is 11.5 Å². The van der Waals surface area contributed by atoms with Crippen LogP contribution in [-0.4, -0.2) is 23.9 Å². The summed E-state index contributed by atoms with van der Waals surface area (Å²) < 4.78 is 12.0. The number of oxime groups is 1.